The number of nitrogens with one attached hydrogen (secondary N) is 1. The molecule has 1 amide bonds. The number of nitro groups is 1. The van der Waals surface area contributed by atoms with Crippen molar-refractivity contribution in [2.24, 2.45) is 0 Å². The van der Waals surface area contributed by atoms with E-state index >= 15 is 0 Å². The third-order valence-electron chi connectivity index (χ3n) is 4.00. The minimum absolute atomic E-state index is 0.0728. The maximum absolute atomic E-state index is 12.4. The van der Waals surface area contributed by atoms with E-state index in [1.165, 1.54) is 24.3 Å². The number of rotatable bonds is 3. The van der Waals surface area contributed by atoms with E-state index in [9.17, 15) is 20.2 Å². The van der Waals surface area contributed by atoms with Crippen LogP contribution in [0.5, 0.6) is 0 Å². The Labute approximate surface area is 151 Å². The highest BCUT2D eigenvalue weighted by Gasteiger charge is 2.15. The van der Waals surface area contributed by atoms with E-state index in [0.29, 0.717) is 11.3 Å². The summed E-state index contributed by atoms with van der Waals surface area (Å²) in [5.41, 5.74) is 1.77. The van der Waals surface area contributed by atoms with Crippen molar-refractivity contribution in [1.82, 2.24) is 14.4 Å². The number of nitro benzene ring substituents is 1. The fraction of sp³-hybridized carbons (Fsp3) is 0. The number of carbonyl (C=O) groups excluding carboxylic acids is 1. The van der Waals surface area contributed by atoms with Crippen molar-refractivity contribution in [3.8, 4) is 6.07 Å². The molecule has 1 N–H and O–H groups in total. The number of imidazole rings is 1. The predicted octanol–water partition coefficient (Wildman–Crippen LogP) is 2.91. The molecule has 0 spiro atoms. The molecule has 9 nitrogen and oxygen atoms in total. The molecule has 0 radical (unpaired) electrons. The van der Waals surface area contributed by atoms with Gasteiger partial charge in [0.25, 0.3) is 11.6 Å². The summed E-state index contributed by atoms with van der Waals surface area (Å²) in [6.45, 7) is 0. The highest BCUT2D eigenvalue weighted by molar-refractivity contribution is 6.04. The fourth-order valence-electron chi connectivity index (χ4n) is 2.68. The summed E-state index contributed by atoms with van der Waals surface area (Å²) in [5.74, 6) is -0.118. The number of hydrogen-bond acceptors (Lipinski definition) is 6. The van der Waals surface area contributed by atoms with Crippen LogP contribution < -0.4 is 5.32 Å². The molecule has 0 unspecified atom stereocenters. The Balaban J connectivity index is 1.72. The Morgan fingerprint density at radius 3 is 2.59 bits per heavy atom. The zero-order valence-electron chi connectivity index (χ0n) is 13.7. The van der Waals surface area contributed by atoms with Crippen molar-refractivity contribution in [1.29, 1.82) is 5.26 Å². The number of aromatic nitrogens is 3. The molecule has 27 heavy (non-hydrogen) atoms. The van der Waals surface area contributed by atoms with Crippen LogP contribution in [0.1, 0.15) is 15.9 Å². The van der Waals surface area contributed by atoms with E-state index in [2.05, 4.69) is 15.3 Å². The van der Waals surface area contributed by atoms with Gasteiger partial charge >= 0.3 is 0 Å². The second-order valence-electron chi connectivity index (χ2n) is 5.64. The third-order valence-corrected chi connectivity index (χ3v) is 4.00. The molecule has 9 heteroatoms. The normalized spacial score (nSPS) is 10.6. The van der Waals surface area contributed by atoms with Crippen LogP contribution in [-0.4, -0.2) is 25.2 Å². The topological polar surface area (TPSA) is 126 Å². The molecule has 2 aromatic heterocycles. The quantitative estimate of drug-likeness (QED) is 0.443. The zero-order valence-corrected chi connectivity index (χ0v) is 13.7. The number of hydrogen-bond donors (Lipinski definition) is 1. The lowest BCUT2D eigenvalue weighted by Gasteiger charge is -2.07. The summed E-state index contributed by atoms with van der Waals surface area (Å²) in [6.07, 6.45) is 1.56. The Morgan fingerprint density at radius 1 is 1.15 bits per heavy atom. The van der Waals surface area contributed by atoms with Gasteiger partial charge in [-0.25, -0.2) is 4.98 Å². The molecular weight excluding hydrogens is 348 g/mol. The molecule has 130 valence electrons. The average molecular weight is 358 g/mol. The molecule has 4 aromatic rings. The van der Waals surface area contributed by atoms with E-state index in [-0.39, 0.29) is 22.6 Å². The minimum Gasteiger partial charge on any atom is -0.305 e. The van der Waals surface area contributed by atoms with Crippen molar-refractivity contribution in [3.63, 3.8) is 0 Å². The van der Waals surface area contributed by atoms with Crippen molar-refractivity contribution < 1.29 is 9.72 Å². The summed E-state index contributed by atoms with van der Waals surface area (Å²) in [4.78, 5) is 31.2. The lowest BCUT2D eigenvalue weighted by Crippen LogP contribution is -2.14. The smallest absolute Gasteiger partial charge is 0.269 e. The molecule has 0 fully saturated rings. The monoisotopic (exact) mass is 358 g/mol. The molecule has 0 bridgehead atoms. The summed E-state index contributed by atoms with van der Waals surface area (Å²) < 4.78 is 1.68. The Bertz CT molecular complexity index is 1250. The summed E-state index contributed by atoms with van der Waals surface area (Å²) in [6, 6.07) is 14.5. The third kappa shape index (κ3) is 2.81. The molecule has 0 aliphatic heterocycles. The average Bonchev–Trinajstić information content (AvgIpc) is 3.04. The number of nitriles is 1. The number of non-ortho nitro benzene ring substituents is 1. The number of amides is 1. The van der Waals surface area contributed by atoms with Crippen molar-refractivity contribution in [2.75, 3.05) is 5.32 Å². The maximum Gasteiger partial charge on any atom is 0.269 e. The molecule has 0 aliphatic rings. The maximum atomic E-state index is 12.4. The highest BCUT2D eigenvalue weighted by atomic mass is 16.6. The fourth-order valence-corrected chi connectivity index (χ4v) is 2.68. The van der Waals surface area contributed by atoms with Gasteiger partial charge < -0.3 is 5.32 Å². The number of para-hydroxylation sites is 2. The molecule has 0 saturated heterocycles. The molecule has 2 heterocycles. The number of nitrogens with zero attached hydrogens (tertiary/aromatic N) is 5. The van der Waals surface area contributed by atoms with Crippen LogP contribution in [0.2, 0.25) is 0 Å². The first-order valence-electron chi connectivity index (χ1n) is 7.80. The SMILES string of the molecule is N#Cc1cn2c(nc1NC(=O)c1ccc([N+](=O)[O-])cc1)nc1ccccc12. The minimum atomic E-state index is -0.548. The second-order valence-corrected chi connectivity index (χ2v) is 5.64. The van der Waals surface area contributed by atoms with Gasteiger partial charge in [0, 0.05) is 23.9 Å². The van der Waals surface area contributed by atoms with Crippen LogP contribution in [0, 0.1) is 21.4 Å². The van der Waals surface area contributed by atoms with E-state index in [4.69, 9.17) is 0 Å². The van der Waals surface area contributed by atoms with Gasteiger partial charge in [-0.15, -0.1) is 0 Å². The van der Waals surface area contributed by atoms with Crippen molar-refractivity contribution in [2.45, 2.75) is 0 Å². The van der Waals surface area contributed by atoms with Crippen LogP contribution in [0.25, 0.3) is 16.8 Å². The van der Waals surface area contributed by atoms with E-state index < -0.39 is 10.8 Å². The predicted molar refractivity (Wildman–Crippen MR) is 96.3 cm³/mol. The van der Waals surface area contributed by atoms with Gasteiger partial charge in [0.15, 0.2) is 5.82 Å². The van der Waals surface area contributed by atoms with Gasteiger partial charge in [0.1, 0.15) is 11.6 Å². The highest BCUT2D eigenvalue weighted by Crippen LogP contribution is 2.20. The summed E-state index contributed by atoms with van der Waals surface area (Å²) >= 11 is 0. The number of carbonyl (C=O) groups is 1. The second kappa shape index (κ2) is 6.20. The van der Waals surface area contributed by atoms with Crippen molar-refractivity contribution >= 4 is 34.2 Å². The first-order chi connectivity index (χ1) is 13.1. The Hall–Kier alpha value is -4.32. The van der Waals surface area contributed by atoms with Crippen LogP contribution in [0.15, 0.2) is 54.7 Å². The molecular formula is C18H10N6O3. The summed E-state index contributed by atoms with van der Waals surface area (Å²) in [7, 11) is 0. The van der Waals surface area contributed by atoms with Crippen LogP contribution in [0.4, 0.5) is 11.5 Å². The summed E-state index contributed by atoms with van der Waals surface area (Å²) in [5, 5.41) is 22.7. The Morgan fingerprint density at radius 2 is 1.89 bits per heavy atom. The van der Waals surface area contributed by atoms with Crippen LogP contribution in [0.3, 0.4) is 0 Å². The molecule has 4 rings (SSSR count). The van der Waals surface area contributed by atoms with Gasteiger partial charge in [-0.1, -0.05) is 12.1 Å². The molecule has 2 aromatic carbocycles. The van der Waals surface area contributed by atoms with Crippen LogP contribution >= 0.6 is 0 Å². The van der Waals surface area contributed by atoms with Gasteiger partial charge in [-0.05, 0) is 24.3 Å². The van der Waals surface area contributed by atoms with E-state index in [0.717, 1.165) is 5.52 Å². The van der Waals surface area contributed by atoms with Gasteiger partial charge in [0.05, 0.1) is 16.0 Å². The van der Waals surface area contributed by atoms with Gasteiger partial charge in [-0.2, -0.15) is 10.2 Å². The first kappa shape index (κ1) is 16.2. The standard InChI is InChI=1S/C18H10N6O3/c19-9-12-10-23-15-4-2-1-3-14(15)20-18(23)22-16(12)21-17(25)11-5-7-13(8-6-11)24(26)27/h1-8,10H,(H,20,21,22,25). The zero-order chi connectivity index (χ0) is 19.0. The largest absolute Gasteiger partial charge is 0.305 e. The lowest BCUT2D eigenvalue weighted by molar-refractivity contribution is -0.384. The van der Waals surface area contributed by atoms with Crippen LogP contribution in [-0.2, 0) is 0 Å². The van der Waals surface area contributed by atoms with Gasteiger partial charge in [-0.3, -0.25) is 19.3 Å². The molecule has 0 aliphatic carbocycles. The van der Waals surface area contributed by atoms with Gasteiger partial charge in [0.2, 0.25) is 5.78 Å². The van der Waals surface area contributed by atoms with E-state index in [1.54, 1.807) is 10.6 Å². The lowest BCUT2D eigenvalue weighted by atomic mass is 10.2. The first-order valence-corrected chi connectivity index (χ1v) is 7.80. The number of benzene rings is 2. The Kier molecular flexibility index (Phi) is 3.71. The van der Waals surface area contributed by atoms with Crippen molar-refractivity contribution in [3.05, 3.63) is 76.0 Å². The molecule has 0 atom stereocenters. The number of fused-ring (bicyclic) bond motifs is 3. The van der Waals surface area contributed by atoms with E-state index in [1.807, 2.05) is 30.3 Å². The number of anilines is 1. The molecule has 0 saturated carbocycles.